The predicted octanol–water partition coefficient (Wildman–Crippen LogP) is 3.45. The van der Waals surface area contributed by atoms with Crippen LogP contribution < -0.4 is 5.32 Å². The van der Waals surface area contributed by atoms with Crippen molar-refractivity contribution in [1.82, 2.24) is 9.78 Å². The van der Waals surface area contributed by atoms with Gasteiger partial charge in [0.1, 0.15) is 11.6 Å². The number of nitrogens with one attached hydrogen (secondary N) is 1. The molecule has 1 aromatic carbocycles. The molecule has 2 aromatic rings. The van der Waals surface area contributed by atoms with Gasteiger partial charge in [0.2, 0.25) is 0 Å². The molecule has 0 aliphatic carbocycles. The van der Waals surface area contributed by atoms with Crippen molar-refractivity contribution in [3.05, 3.63) is 47.4 Å². The molecule has 0 spiro atoms. The van der Waals surface area contributed by atoms with Gasteiger partial charge in [-0.1, -0.05) is 18.2 Å². The lowest BCUT2D eigenvalue weighted by Crippen LogP contribution is -2.25. The Morgan fingerprint density at radius 2 is 2.00 bits per heavy atom. The van der Waals surface area contributed by atoms with Crippen molar-refractivity contribution in [1.29, 1.82) is 0 Å². The zero-order valence-electron chi connectivity index (χ0n) is 10.3. The summed E-state index contributed by atoms with van der Waals surface area (Å²) < 4.78 is 53.2. The second-order valence-corrected chi connectivity index (χ2v) is 4.61. The van der Waals surface area contributed by atoms with Gasteiger partial charge in [0.15, 0.2) is 5.69 Å². The molecule has 20 heavy (non-hydrogen) atoms. The van der Waals surface area contributed by atoms with Crippen LogP contribution >= 0.6 is 0 Å². The molecule has 1 atom stereocenters. The molecule has 0 radical (unpaired) electrons. The zero-order chi connectivity index (χ0) is 14.3. The standard InChI is InChI=1S/C13H11F4N3/c14-9-4-2-1-3-8(9)10-5-6-18-12-7-11(13(15,16)17)19-20(10)12/h1-4,7,10,18H,5-6H2. The van der Waals surface area contributed by atoms with Crippen LogP contribution in [0, 0.1) is 5.82 Å². The summed E-state index contributed by atoms with van der Waals surface area (Å²) in [5, 5.41) is 6.44. The number of hydrogen-bond acceptors (Lipinski definition) is 2. The minimum absolute atomic E-state index is 0.261. The van der Waals surface area contributed by atoms with Crippen molar-refractivity contribution < 1.29 is 17.6 Å². The highest BCUT2D eigenvalue weighted by atomic mass is 19.4. The number of aromatic nitrogens is 2. The van der Waals surface area contributed by atoms with Crippen molar-refractivity contribution in [3.63, 3.8) is 0 Å². The SMILES string of the molecule is Fc1ccccc1C1CCNc2cc(C(F)(F)F)nn21. The first kappa shape index (κ1) is 13.0. The molecule has 1 aromatic heterocycles. The normalized spacial score (nSPS) is 18.5. The molecule has 106 valence electrons. The first-order valence-corrected chi connectivity index (χ1v) is 6.12. The summed E-state index contributed by atoms with van der Waals surface area (Å²) in [4.78, 5) is 0. The van der Waals surface area contributed by atoms with E-state index >= 15 is 0 Å². The molecule has 2 heterocycles. The Labute approximate surface area is 112 Å². The number of fused-ring (bicyclic) bond motifs is 1. The lowest BCUT2D eigenvalue weighted by Gasteiger charge is -2.26. The minimum Gasteiger partial charge on any atom is -0.370 e. The van der Waals surface area contributed by atoms with Gasteiger partial charge < -0.3 is 5.32 Å². The van der Waals surface area contributed by atoms with Crippen LogP contribution in [0.3, 0.4) is 0 Å². The van der Waals surface area contributed by atoms with Gasteiger partial charge in [-0.05, 0) is 12.5 Å². The lowest BCUT2D eigenvalue weighted by atomic mass is 10.0. The maximum Gasteiger partial charge on any atom is 0.435 e. The summed E-state index contributed by atoms with van der Waals surface area (Å²) in [6.07, 6.45) is -4.03. The molecule has 1 aliphatic rings. The van der Waals surface area contributed by atoms with Gasteiger partial charge in [-0.2, -0.15) is 18.3 Å². The fourth-order valence-corrected chi connectivity index (χ4v) is 2.39. The predicted molar refractivity (Wildman–Crippen MR) is 64.9 cm³/mol. The summed E-state index contributed by atoms with van der Waals surface area (Å²) in [5.74, 6) is -0.175. The van der Waals surface area contributed by atoms with Gasteiger partial charge in [-0.3, -0.25) is 0 Å². The van der Waals surface area contributed by atoms with Crippen LogP contribution in [0.15, 0.2) is 30.3 Å². The fraction of sp³-hybridized carbons (Fsp3) is 0.308. The molecule has 0 bridgehead atoms. The molecule has 0 saturated carbocycles. The third kappa shape index (κ3) is 2.13. The van der Waals surface area contributed by atoms with Gasteiger partial charge in [-0.15, -0.1) is 0 Å². The summed E-state index contributed by atoms with van der Waals surface area (Å²) in [6, 6.07) is 6.50. The van der Waals surface area contributed by atoms with Gasteiger partial charge in [-0.25, -0.2) is 9.07 Å². The van der Waals surface area contributed by atoms with Crippen LogP contribution in [-0.4, -0.2) is 16.3 Å². The van der Waals surface area contributed by atoms with E-state index in [1.807, 2.05) is 0 Å². The molecule has 1 N–H and O–H groups in total. The lowest BCUT2D eigenvalue weighted by molar-refractivity contribution is -0.141. The summed E-state index contributed by atoms with van der Waals surface area (Å²) in [6.45, 7) is 0.474. The topological polar surface area (TPSA) is 29.9 Å². The quantitative estimate of drug-likeness (QED) is 0.813. The number of nitrogens with zero attached hydrogens (tertiary/aromatic N) is 2. The van der Waals surface area contributed by atoms with E-state index in [0.717, 1.165) is 6.07 Å². The van der Waals surface area contributed by atoms with E-state index in [0.29, 0.717) is 18.5 Å². The number of benzene rings is 1. The molecular formula is C13H11F4N3. The number of halogens is 4. The first-order valence-electron chi connectivity index (χ1n) is 6.12. The Morgan fingerprint density at radius 3 is 2.70 bits per heavy atom. The van der Waals surface area contributed by atoms with Crippen LogP contribution in [0.1, 0.15) is 23.7 Å². The van der Waals surface area contributed by atoms with Gasteiger partial charge in [0.05, 0.1) is 6.04 Å². The van der Waals surface area contributed by atoms with Crippen LogP contribution in [-0.2, 0) is 6.18 Å². The molecule has 3 nitrogen and oxygen atoms in total. The van der Waals surface area contributed by atoms with Gasteiger partial charge in [0.25, 0.3) is 0 Å². The minimum atomic E-state index is -4.51. The van der Waals surface area contributed by atoms with E-state index in [1.54, 1.807) is 18.2 Å². The molecular weight excluding hydrogens is 274 g/mol. The van der Waals surface area contributed by atoms with Crippen LogP contribution in [0.5, 0.6) is 0 Å². The van der Waals surface area contributed by atoms with Crippen LogP contribution in [0.2, 0.25) is 0 Å². The summed E-state index contributed by atoms with van der Waals surface area (Å²) >= 11 is 0. The van der Waals surface area contributed by atoms with Crippen molar-refractivity contribution in [2.75, 3.05) is 11.9 Å². The van der Waals surface area contributed by atoms with Gasteiger partial charge in [0, 0.05) is 18.2 Å². The highest BCUT2D eigenvalue weighted by Gasteiger charge is 2.37. The van der Waals surface area contributed by atoms with Crippen molar-refractivity contribution >= 4 is 5.82 Å². The van der Waals surface area contributed by atoms with Crippen molar-refractivity contribution in [3.8, 4) is 0 Å². The van der Waals surface area contributed by atoms with E-state index in [9.17, 15) is 17.6 Å². The maximum atomic E-state index is 13.8. The molecule has 1 aliphatic heterocycles. The molecule has 1 unspecified atom stereocenters. The number of rotatable bonds is 1. The average Bonchev–Trinajstić information content (AvgIpc) is 2.83. The summed E-state index contributed by atoms with van der Waals surface area (Å²) in [7, 11) is 0. The van der Waals surface area contributed by atoms with Crippen molar-refractivity contribution in [2.45, 2.75) is 18.6 Å². The Bertz CT molecular complexity index is 633. The van der Waals surface area contributed by atoms with E-state index in [-0.39, 0.29) is 5.82 Å². The molecule has 3 rings (SSSR count). The smallest absolute Gasteiger partial charge is 0.370 e. The second-order valence-electron chi connectivity index (χ2n) is 4.61. The third-order valence-electron chi connectivity index (χ3n) is 3.31. The fourth-order valence-electron chi connectivity index (χ4n) is 2.39. The zero-order valence-corrected chi connectivity index (χ0v) is 10.3. The first-order chi connectivity index (χ1) is 9.47. The molecule has 0 saturated heterocycles. The Balaban J connectivity index is 2.06. The third-order valence-corrected chi connectivity index (χ3v) is 3.31. The van der Waals surface area contributed by atoms with E-state index in [1.165, 1.54) is 10.7 Å². The van der Waals surface area contributed by atoms with Gasteiger partial charge >= 0.3 is 6.18 Å². The van der Waals surface area contributed by atoms with Crippen molar-refractivity contribution in [2.24, 2.45) is 0 Å². The molecule has 0 fully saturated rings. The monoisotopic (exact) mass is 285 g/mol. The number of anilines is 1. The molecule has 0 amide bonds. The largest absolute Gasteiger partial charge is 0.435 e. The Kier molecular flexibility index (Phi) is 2.92. The highest BCUT2D eigenvalue weighted by Crippen LogP contribution is 2.35. The summed E-state index contributed by atoms with van der Waals surface area (Å²) in [5.41, 5.74) is -0.615. The second kappa shape index (κ2) is 4.50. The van der Waals surface area contributed by atoms with Crippen LogP contribution in [0.4, 0.5) is 23.4 Å². The van der Waals surface area contributed by atoms with E-state index < -0.39 is 23.7 Å². The Hall–Kier alpha value is -2.05. The number of alkyl halides is 3. The highest BCUT2D eigenvalue weighted by molar-refractivity contribution is 5.42. The van der Waals surface area contributed by atoms with Crippen LogP contribution in [0.25, 0.3) is 0 Å². The van der Waals surface area contributed by atoms with E-state index in [4.69, 9.17) is 0 Å². The average molecular weight is 285 g/mol. The number of hydrogen-bond donors (Lipinski definition) is 1. The maximum absolute atomic E-state index is 13.8. The van der Waals surface area contributed by atoms with E-state index in [2.05, 4.69) is 10.4 Å². The molecule has 7 heteroatoms. The Morgan fingerprint density at radius 1 is 1.25 bits per heavy atom.